The van der Waals surface area contributed by atoms with E-state index < -0.39 is 12.1 Å². The van der Waals surface area contributed by atoms with E-state index in [1.807, 2.05) is 0 Å². The number of amides is 1. The second-order valence-corrected chi connectivity index (χ2v) is 20.7. The van der Waals surface area contributed by atoms with E-state index in [0.717, 1.165) is 44.9 Å². The number of unbranched alkanes of at least 4 members (excludes halogenated alkanes) is 41. The fourth-order valence-electron chi connectivity index (χ4n) is 9.34. The summed E-state index contributed by atoms with van der Waals surface area (Å²) in [4.78, 5) is 24.5. The number of carbonyl (C=O) groups excluding carboxylic acids is 2. The van der Waals surface area contributed by atoms with Crippen molar-refractivity contribution >= 4 is 11.9 Å². The summed E-state index contributed by atoms with van der Waals surface area (Å²) in [5, 5.41) is 23.2. The van der Waals surface area contributed by atoms with Crippen LogP contribution in [0.1, 0.15) is 328 Å². The summed E-state index contributed by atoms with van der Waals surface area (Å²) in [6.45, 7) is 4.94. The molecule has 0 aliphatic carbocycles. The number of ether oxygens (including phenoxy) is 1. The van der Waals surface area contributed by atoms with Gasteiger partial charge < -0.3 is 20.3 Å². The van der Waals surface area contributed by atoms with Gasteiger partial charge in [0.25, 0.3) is 0 Å². The molecule has 0 spiro atoms. The topological polar surface area (TPSA) is 95.9 Å². The van der Waals surface area contributed by atoms with Crippen LogP contribution in [0.3, 0.4) is 0 Å². The van der Waals surface area contributed by atoms with E-state index in [4.69, 9.17) is 4.74 Å². The molecule has 0 bridgehead atoms. The number of aliphatic hydroxyl groups is 2. The fourth-order valence-corrected chi connectivity index (χ4v) is 9.34. The molecule has 6 heteroatoms. The molecular formula is C61H117NO5. The molecule has 2 unspecified atom stereocenters. The number of nitrogens with one attached hydrogen (secondary N) is 1. The smallest absolute Gasteiger partial charge is 0.305 e. The summed E-state index contributed by atoms with van der Waals surface area (Å²) < 4.78 is 5.47. The number of aliphatic hydroxyl groups excluding tert-OH is 2. The van der Waals surface area contributed by atoms with Crippen LogP contribution in [0.15, 0.2) is 24.3 Å². The first-order valence-corrected chi connectivity index (χ1v) is 30.1. The van der Waals surface area contributed by atoms with Gasteiger partial charge in [0.15, 0.2) is 0 Å². The highest BCUT2D eigenvalue weighted by Crippen LogP contribution is 2.17. The van der Waals surface area contributed by atoms with Crippen LogP contribution in [-0.4, -0.2) is 47.4 Å². The molecular weight excluding hydrogens is 827 g/mol. The Morgan fingerprint density at radius 1 is 0.403 bits per heavy atom. The van der Waals surface area contributed by atoms with E-state index in [2.05, 4.69) is 43.5 Å². The highest BCUT2D eigenvalue weighted by atomic mass is 16.5. The van der Waals surface area contributed by atoms with Crippen LogP contribution in [0, 0.1) is 0 Å². The monoisotopic (exact) mass is 944 g/mol. The largest absolute Gasteiger partial charge is 0.466 e. The van der Waals surface area contributed by atoms with Crippen molar-refractivity contribution in [1.29, 1.82) is 0 Å². The van der Waals surface area contributed by atoms with Crippen molar-refractivity contribution in [2.45, 2.75) is 341 Å². The SMILES string of the molecule is CCCCCC/C=C\CCCCCCCC(=O)OCCCCCCCCCCCCCC/C=C\CCCCCCCCCCCCC(=O)NC(CO)C(O)CCCCCCCCCCCCC. The molecule has 0 aromatic carbocycles. The highest BCUT2D eigenvalue weighted by Gasteiger charge is 2.20. The van der Waals surface area contributed by atoms with E-state index >= 15 is 0 Å². The first-order chi connectivity index (χ1) is 33.0. The van der Waals surface area contributed by atoms with Gasteiger partial charge in [0, 0.05) is 12.8 Å². The molecule has 0 aliphatic rings. The third-order valence-electron chi connectivity index (χ3n) is 14.0. The predicted molar refractivity (Wildman–Crippen MR) is 292 cm³/mol. The Hall–Kier alpha value is -1.66. The Morgan fingerprint density at radius 3 is 1.07 bits per heavy atom. The Morgan fingerprint density at radius 2 is 0.701 bits per heavy atom. The zero-order chi connectivity index (χ0) is 48.6. The molecule has 2 atom stereocenters. The number of allylic oxidation sites excluding steroid dienone is 4. The number of hydrogen-bond acceptors (Lipinski definition) is 5. The van der Waals surface area contributed by atoms with Crippen LogP contribution < -0.4 is 5.32 Å². The molecule has 0 radical (unpaired) electrons. The summed E-state index contributed by atoms with van der Waals surface area (Å²) >= 11 is 0. The average molecular weight is 945 g/mol. The van der Waals surface area contributed by atoms with Gasteiger partial charge in [0.1, 0.15) is 0 Å². The van der Waals surface area contributed by atoms with Crippen molar-refractivity contribution in [3.05, 3.63) is 24.3 Å². The Balaban J connectivity index is 3.37. The van der Waals surface area contributed by atoms with E-state index in [1.165, 1.54) is 250 Å². The third-order valence-corrected chi connectivity index (χ3v) is 14.0. The summed E-state index contributed by atoms with van der Waals surface area (Å²) in [6.07, 6.45) is 69.0. The molecule has 0 aromatic heterocycles. The maximum atomic E-state index is 12.4. The van der Waals surface area contributed by atoms with Crippen LogP contribution in [0.5, 0.6) is 0 Å². The molecule has 1 amide bonds. The third kappa shape index (κ3) is 53.5. The van der Waals surface area contributed by atoms with Gasteiger partial charge in [-0.2, -0.15) is 0 Å². The quantitative estimate of drug-likeness (QED) is 0.0321. The molecule has 396 valence electrons. The van der Waals surface area contributed by atoms with Crippen LogP contribution >= 0.6 is 0 Å². The van der Waals surface area contributed by atoms with Crippen molar-refractivity contribution in [3.63, 3.8) is 0 Å². The van der Waals surface area contributed by atoms with Gasteiger partial charge in [0.05, 0.1) is 25.4 Å². The van der Waals surface area contributed by atoms with Gasteiger partial charge in [-0.15, -0.1) is 0 Å². The minimum absolute atomic E-state index is 0.00509. The number of esters is 1. The predicted octanol–water partition coefficient (Wildman–Crippen LogP) is 18.6. The Bertz CT molecular complexity index is 1040. The van der Waals surface area contributed by atoms with Gasteiger partial charge in [-0.05, 0) is 77.0 Å². The zero-order valence-corrected chi connectivity index (χ0v) is 45.1. The van der Waals surface area contributed by atoms with Crippen LogP contribution in [0.25, 0.3) is 0 Å². The molecule has 0 saturated carbocycles. The summed E-state index contributed by atoms with van der Waals surface area (Å²) in [6, 6.07) is -0.541. The van der Waals surface area contributed by atoms with E-state index in [0.29, 0.717) is 25.9 Å². The maximum absolute atomic E-state index is 12.4. The molecule has 67 heavy (non-hydrogen) atoms. The van der Waals surface area contributed by atoms with Gasteiger partial charge >= 0.3 is 5.97 Å². The Labute approximate surface area is 418 Å². The van der Waals surface area contributed by atoms with Crippen molar-refractivity contribution in [1.82, 2.24) is 5.32 Å². The van der Waals surface area contributed by atoms with Crippen LogP contribution in [0.2, 0.25) is 0 Å². The van der Waals surface area contributed by atoms with Gasteiger partial charge in [0.2, 0.25) is 5.91 Å². The first kappa shape index (κ1) is 65.3. The number of rotatable bonds is 56. The average Bonchev–Trinajstić information content (AvgIpc) is 3.33. The lowest BCUT2D eigenvalue weighted by molar-refractivity contribution is -0.143. The zero-order valence-electron chi connectivity index (χ0n) is 45.1. The maximum Gasteiger partial charge on any atom is 0.305 e. The van der Waals surface area contributed by atoms with Crippen molar-refractivity contribution in [2.24, 2.45) is 0 Å². The van der Waals surface area contributed by atoms with Crippen molar-refractivity contribution in [2.75, 3.05) is 13.2 Å². The van der Waals surface area contributed by atoms with Crippen molar-refractivity contribution in [3.8, 4) is 0 Å². The molecule has 0 fully saturated rings. The summed E-state index contributed by atoms with van der Waals surface area (Å²) in [5.41, 5.74) is 0. The standard InChI is InChI=1S/C61H117NO5/c1-3-5-7-9-11-13-15-30-35-39-43-47-51-55-61(66)67-56-52-48-44-40-36-32-29-27-25-23-21-19-17-16-18-20-22-24-26-28-31-34-38-42-46-50-54-60(65)62-58(57-63)59(64)53-49-45-41-37-33-14-12-10-8-6-4-2/h13,15-16,18,58-59,63-64H,3-12,14,17,19-57H2,1-2H3,(H,62,65)/b15-13-,18-16-. The highest BCUT2D eigenvalue weighted by molar-refractivity contribution is 5.76. The lowest BCUT2D eigenvalue weighted by atomic mass is 10.0. The normalized spacial score (nSPS) is 12.7. The summed E-state index contributed by atoms with van der Waals surface area (Å²) in [5.74, 6) is -0.0320. The second-order valence-electron chi connectivity index (χ2n) is 20.7. The van der Waals surface area contributed by atoms with Crippen molar-refractivity contribution < 1.29 is 24.5 Å². The molecule has 0 aromatic rings. The van der Waals surface area contributed by atoms with Crippen LogP contribution in [0.4, 0.5) is 0 Å². The van der Waals surface area contributed by atoms with E-state index in [9.17, 15) is 19.8 Å². The minimum Gasteiger partial charge on any atom is -0.466 e. The molecule has 3 N–H and O–H groups in total. The lowest BCUT2D eigenvalue weighted by Crippen LogP contribution is -2.45. The summed E-state index contributed by atoms with van der Waals surface area (Å²) in [7, 11) is 0. The molecule has 0 saturated heterocycles. The Kier molecular flexibility index (Phi) is 55.5. The number of hydrogen-bond donors (Lipinski definition) is 3. The molecule has 0 aliphatic heterocycles. The fraction of sp³-hybridized carbons (Fsp3) is 0.902. The first-order valence-electron chi connectivity index (χ1n) is 30.1. The molecule has 6 nitrogen and oxygen atoms in total. The van der Waals surface area contributed by atoms with Gasteiger partial charge in [-0.1, -0.05) is 263 Å². The second kappa shape index (κ2) is 56.9. The molecule has 0 heterocycles. The molecule has 0 rings (SSSR count). The number of carbonyl (C=O) groups is 2. The van der Waals surface area contributed by atoms with E-state index in [-0.39, 0.29) is 18.5 Å². The lowest BCUT2D eigenvalue weighted by Gasteiger charge is -2.22. The van der Waals surface area contributed by atoms with Gasteiger partial charge in [-0.3, -0.25) is 9.59 Å². The van der Waals surface area contributed by atoms with Crippen LogP contribution in [-0.2, 0) is 14.3 Å². The van der Waals surface area contributed by atoms with E-state index in [1.54, 1.807) is 0 Å². The van der Waals surface area contributed by atoms with Gasteiger partial charge in [-0.25, -0.2) is 0 Å². The minimum atomic E-state index is -0.663.